The molecule has 0 aromatic heterocycles. The van der Waals surface area contributed by atoms with Crippen LogP contribution in [0.2, 0.25) is 0 Å². The molecule has 0 amide bonds. The third-order valence-corrected chi connectivity index (χ3v) is 4.05. The lowest BCUT2D eigenvalue weighted by Gasteiger charge is -2.24. The van der Waals surface area contributed by atoms with Crippen molar-refractivity contribution >= 4 is 11.9 Å². The maximum absolute atomic E-state index is 12.0. The van der Waals surface area contributed by atoms with E-state index in [1.165, 1.54) is 0 Å². The van der Waals surface area contributed by atoms with Gasteiger partial charge in [-0.05, 0) is 64.8 Å². The van der Waals surface area contributed by atoms with Gasteiger partial charge in [-0.15, -0.1) is 0 Å². The SMILES string of the molecule is Cc1cccc(C(=O)OOC(C)CCC(C)(C)OOC(=O)c2ccccc2)c1. The van der Waals surface area contributed by atoms with E-state index in [0.29, 0.717) is 24.0 Å². The summed E-state index contributed by atoms with van der Waals surface area (Å²) in [5.74, 6) is -1.09. The largest absolute Gasteiger partial charge is 0.373 e. The Hall–Kier alpha value is -2.70. The standard InChI is InChI=1S/C22H26O6/c1-16-9-8-12-19(15-16)21(24)26-25-17(2)13-14-22(3,4)28-27-20(23)18-10-6-5-7-11-18/h5-12,15,17H,13-14H2,1-4H3. The zero-order valence-electron chi connectivity index (χ0n) is 16.6. The predicted octanol–water partition coefficient (Wildman–Crippen LogP) is 4.82. The molecule has 150 valence electrons. The minimum atomic E-state index is -0.720. The summed E-state index contributed by atoms with van der Waals surface area (Å²) < 4.78 is 0. The van der Waals surface area contributed by atoms with E-state index in [4.69, 9.17) is 19.6 Å². The molecule has 2 aromatic rings. The molecule has 0 N–H and O–H groups in total. The summed E-state index contributed by atoms with van der Waals surface area (Å²) in [7, 11) is 0. The van der Waals surface area contributed by atoms with Gasteiger partial charge in [0, 0.05) is 0 Å². The fraction of sp³-hybridized carbons (Fsp3) is 0.364. The van der Waals surface area contributed by atoms with Crippen LogP contribution in [0, 0.1) is 6.92 Å². The molecule has 6 nitrogen and oxygen atoms in total. The van der Waals surface area contributed by atoms with Crippen LogP contribution >= 0.6 is 0 Å². The molecule has 1 atom stereocenters. The van der Waals surface area contributed by atoms with Crippen molar-refractivity contribution in [2.75, 3.05) is 0 Å². The van der Waals surface area contributed by atoms with Crippen LogP contribution in [0.25, 0.3) is 0 Å². The van der Waals surface area contributed by atoms with Crippen molar-refractivity contribution in [2.45, 2.75) is 52.2 Å². The van der Waals surface area contributed by atoms with Gasteiger partial charge in [0.25, 0.3) is 0 Å². The maximum atomic E-state index is 12.0. The molecular formula is C22H26O6. The van der Waals surface area contributed by atoms with Gasteiger partial charge in [-0.1, -0.05) is 35.9 Å². The van der Waals surface area contributed by atoms with Gasteiger partial charge in [0.15, 0.2) is 0 Å². The zero-order chi connectivity index (χ0) is 20.6. The van der Waals surface area contributed by atoms with Crippen molar-refractivity contribution < 1.29 is 29.1 Å². The predicted molar refractivity (Wildman–Crippen MR) is 103 cm³/mol. The lowest BCUT2D eigenvalue weighted by atomic mass is 10.0. The highest BCUT2D eigenvalue weighted by Gasteiger charge is 2.24. The minimum Gasteiger partial charge on any atom is -0.293 e. The smallest absolute Gasteiger partial charge is 0.293 e. The summed E-state index contributed by atoms with van der Waals surface area (Å²) in [5.41, 5.74) is 1.09. The summed E-state index contributed by atoms with van der Waals surface area (Å²) in [5, 5.41) is 0. The van der Waals surface area contributed by atoms with Gasteiger partial charge in [-0.3, -0.25) is 9.78 Å². The van der Waals surface area contributed by atoms with E-state index < -0.39 is 17.5 Å². The van der Waals surface area contributed by atoms with Crippen LogP contribution in [0.3, 0.4) is 0 Å². The summed E-state index contributed by atoms with van der Waals surface area (Å²) in [6.07, 6.45) is 0.719. The number of rotatable bonds is 9. The molecule has 0 saturated carbocycles. The highest BCUT2D eigenvalue weighted by Crippen LogP contribution is 2.20. The molecule has 28 heavy (non-hydrogen) atoms. The van der Waals surface area contributed by atoms with Crippen LogP contribution in [0.15, 0.2) is 54.6 Å². The van der Waals surface area contributed by atoms with Crippen molar-refractivity contribution in [3.63, 3.8) is 0 Å². The minimum absolute atomic E-state index is 0.346. The van der Waals surface area contributed by atoms with E-state index >= 15 is 0 Å². The number of carbonyl (C=O) groups excluding carboxylic acids is 2. The quantitative estimate of drug-likeness (QED) is 0.454. The third kappa shape index (κ3) is 7.13. The zero-order valence-corrected chi connectivity index (χ0v) is 16.6. The monoisotopic (exact) mass is 386 g/mol. The molecule has 2 aromatic carbocycles. The van der Waals surface area contributed by atoms with Crippen LogP contribution in [0.1, 0.15) is 59.9 Å². The summed E-state index contributed by atoms with van der Waals surface area (Å²) >= 11 is 0. The second kappa shape index (κ2) is 10.0. The van der Waals surface area contributed by atoms with Crippen molar-refractivity contribution in [2.24, 2.45) is 0 Å². The molecular weight excluding hydrogens is 360 g/mol. The van der Waals surface area contributed by atoms with E-state index in [9.17, 15) is 9.59 Å². The first kappa shape index (κ1) is 21.6. The molecule has 0 aliphatic heterocycles. The van der Waals surface area contributed by atoms with Crippen molar-refractivity contribution in [3.05, 3.63) is 71.3 Å². The molecule has 0 aliphatic rings. The van der Waals surface area contributed by atoms with E-state index in [2.05, 4.69) is 0 Å². The van der Waals surface area contributed by atoms with Gasteiger partial charge in [0.2, 0.25) is 0 Å². The maximum Gasteiger partial charge on any atom is 0.373 e. The fourth-order valence-electron chi connectivity index (χ4n) is 2.36. The third-order valence-electron chi connectivity index (χ3n) is 4.05. The Bertz CT molecular complexity index is 785. The molecule has 0 bridgehead atoms. The first-order chi connectivity index (χ1) is 13.3. The molecule has 1 unspecified atom stereocenters. The number of hydrogen-bond acceptors (Lipinski definition) is 6. The molecule has 0 heterocycles. The molecule has 6 heteroatoms. The molecule has 0 fully saturated rings. The van der Waals surface area contributed by atoms with Crippen LogP contribution in [0.5, 0.6) is 0 Å². The van der Waals surface area contributed by atoms with Crippen LogP contribution in [-0.4, -0.2) is 23.6 Å². The molecule has 0 saturated heterocycles. The van der Waals surface area contributed by atoms with Gasteiger partial charge in [0.05, 0.1) is 11.1 Å². The Morgan fingerprint density at radius 1 is 0.929 bits per heavy atom. The summed E-state index contributed by atoms with van der Waals surface area (Å²) in [6, 6.07) is 15.7. The molecule has 0 spiro atoms. The lowest BCUT2D eigenvalue weighted by molar-refractivity contribution is -0.313. The Morgan fingerprint density at radius 3 is 2.25 bits per heavy atom. The average Bonchev–Trinajstić information content (AvgIpc) is 2.69. The fourth-order valence-corrected chi connectivity index (χ4v) is 2.36. The lowest BCUT2D eigenvalue weighted by Crippen LogP contribution is -2.28. The number of benzene rings is 2. The number of aryl methyl sites for hydroxylation is 1. The van der Waals surface area contributed by atoms with Gasteiger partial charge in [-0.2, -0.15) is 9.78 Å². The van der Waals surface area contributed by atoms with Crippen LogP contribution in [-0.2, 0) is 19.6 Å². The van der Waals surface area contributed by atoms with Crippen molar-refractivity contribution in [1.29, 1.82) is 0 Å². The van der Waals surface area contributed by atoms with Gasteiger partial charge >= 0.3 is 11.9 Å². The van der Waals surface area contributed by atoms with Gasteiger partial charge in [-0.25, -0.2) is 9.59 Å². The van der Waals surface area contributed by atoms with Crippen LogP contribution in [0.4, 0.5) is 0 Å². The summed E-state index contributed by atoms with van der Waals surface area (Å²) in [6.45, 7) is 7.29. The Labute approximate surface area is 165 Å². The Balaban J connectivity index is 1.72. The van der Waals surface area contributed by atoms with E-state index in [0.717, 1.165) is 5.56 Å². The van der Waals surface area contributed by atoms with E-state index in [1.807, 2.05) is 19.1 Å². The second-order valence-corrected chi connectivity index (χ2v) is 7.27. The van der Waals surface area contributed by atoms with Crippen LogP contribution < -0.4 is 0 Å². The second-order valence-electron chi connectivity index (χ2n) is 7.27. The number of carbonyl (C=O) groups is 2. The van der Waals surface area contributed by atoms with E-state index in [-0.39, 0.29) is 6.10 Å². The summed E-state index contributed by atoms with van der Waals surface area (Å²) in [4.78, 5) is 44.2. The average molecular weight is 386 g/mol. The van der Waals surface area contributed by atoms with Gasteiger partial charge in [0.1, 0.15) is 11.7 Å². The van der Waals surface area contributed by atoms with Gasteiger partial charge < -0.3 is 0 Å². The van der Waals surface area contributed by atoms with E-state index in [1.54, 1.807) is 63.2 Å². The first-order valence-electron chi connectivity index (χ1n) is 9.16. The van der Waals surface area contributed by atoms with Crippen molar-refractivity contribution in [1.82, 2.24) is 0 Å². The molecule has 2 rings (SSSR count). The Kier molecular flexibility index (Phi) is 7.72. The highest BCUT2D eigenvalue weighted by molar-refractivity contribution is 5.89. The Morgan fingerprint density at radius 2 is 1.57 bits per heavy atom. The normalized spacial score (nSPS) is 12.3. The topological polar surface area (TPSA) is 71.1 Å². The highest BCUT2D eigenvalue weighted by atomic mass is 17.2. The molecule has 0 aliphatic carbocycles. The molecule has 0 radical (unpaired) electrons. The number of hydrogen-bond donors (Lipinski definition) is 0. The first-order valence-corrected chi connectivity index (χ1v) is 9.16. The van der Waals surface area contributed by atoms with Crippen molar-refractivity contribution in [3.8, 4) is 0 Å².